The van der Waals surface area contributed by atoms with Crippen LogP contribution in [-0.2, 0) is 9.59 Å². The Labute approximate surface area is 109 Å². The maximum absolute atomic E-state index is 10.9. The minimum Gasteiger partial charge on any atom is -0.481 e. The highest BCUT2D eigenvalue weighted by Crippen LogP contribution is 2.28. The van der Waals surface area contributed by atoms with Crippen molar-refractivity contribution in [3.8, 4) is 0 Å². The summed E-state index contributed by atoms with van der Waals surface area (Å²) >= 11 is 11.7. The van der Waals surface area contributed by atoms with Crippen LogP contribution < -0.4 is 4.90 Å². The fourth-order valence-electron chi connectivity index (χ4n) is 1.34. The molecule has 0 aliphatic rings. The fraction of sp³-hybridized carbons (Fsp3) is 0.273. The number of carboxylic acids is 1. The van der Waals surface area contributed by atoms with Gasteiger partial charge in [0.15, 0.2) is 0 Å². The highest BCUT2D eigenvalue weighted by molar-refractivity contribution is 6.35. The van der Waals surface area contributed by atoms with Crippen LogP contribution in [0.3, 0.4) is 0 Å². The van der Waals surface area contributed by atoms with Gasteiger partial charge >= 0.3 is 5.97 Å². The molecular formula is C11H11Cl2NO3. The summed E-state index contributed by atoms with van der Waals surface area (Å²) in [6.45, 7) is 0.288. The Bertz CT molecular complexity index is 423. The molecule has 0 aromatic heterocycles. The van der Waals surface area contributed by atoms with Crippen LogP contribution in [0.1, 0.15) is 12.8 Å². The number of aliphatic carboxylic acids is 1. The van der Waals surface area contributed by atoms with Gasteiger partial charge in [0, 0.05) is 18.0 Å². The molecule has 0 spiro atoms. The van der Waals surface area contributed by atoms with Gasteiger partial charge in [-0.25, -0.2) is 0 Å². The van der Waals surface area contributed by atoms with Crippen LogP contribution in [0, 0.1) is 0 Å². The molecule has 0 unspecified atom stereocenters. The van der Waals surface area contributed by atoms with Crippen LogP contribution >= 0.6 is 23.2 Å². The molecule has 6 heteroatoms. The van der Waals surface area contributed by atoms with Gasteiger partial charge in [0.05, 0.1) is 10.7 Å². The first kappa shape index (κ1) is 13.8. The number of nitrogens with zero attached hydrogens (tertiary/aromatic N) is 1. The third-order valence-electron chi connectivity index (χ3n) is 2.13. The number of carboxylic acid groups (broad SMARTS) is 1. The summed E-state index contributed by atoms with van der Waals surface area (Å²) in [5.74, 6) is -0.895. The van der Waals surface area contributed by atoms with Crippen LogP contribution in [0.5, 0.6) is 0 Å². The van der Waals surface area contributed by atoms with Gasteiger partial charge in [-0.3, -0.25) is 9.59 Å². The lowest BCUT2D eigenvalue weighted by Gasteiger charge is -2.18. The lowest BCUT2D eigenvalue weighted by molar-refractivity contribution is -0.137. The summed E-state index contributed by atoms with van der Waals surface area (Å²) in [4.78, 5) is 22.6. The molecule has 0 saturated heterocycles. The van der Waals surface area contributed by atoms with Gasteiger partial charge in [0.1, 0.15) is 0 Å². The zero-order chi connectivity index (χ0) is 12.8. The van der Waals surface area contributed by atoms with E-state index in [-0.39, 0.29) is 13.0 Å². The largest absolute Gasteiger partial charge is 0.481 e. The predicted molar refractivity (Wildman–Crippen MR) is 66.7 cm³/mol. The summed E-state index contributed by atoms with van der Waals surface area (Å²) in [5.41, 5.74) is 0.486. The molecule has 0 aliphatic heterocycles. The highest BCUT2D eigenvalue weighted by Gasteiger charge is 2.10. The third-order valence-corrected chi connectivity index (χ3v) is 2.69. The predicted octanol–water partition coefficient (Wildman–Crippen LogP) is 2.82. The van der Waals surface area contributed by atoms with Gasteiger partial charge in [-0.1, -0.05) is 23.2 Å². The molecule has 0 atom stereocenters. The Hall–Kier alpha value is -1.26. The Kier molecular flexibility index (Phi) is 5.25. The topological polar surface area (TPSA) is 57.6 Å². The molecule has 0 bridgehead atoms. The minimum absolute atomic E-state index is 0.00250. The molecule has 92 valence electrons. The van der Waals surface area contributed by atoms with E-state index in [0.29, 0.717) is 28.6 Å². The van der Waals surface area contributed by atoms with E-state index in [4.69, 9.17) is 28.3 Å². The fourth-order valence-corrected chi connectivity index (χ4v) is 1.73. The third kappa shape index (κ3) is 4.24. The number of carbonyl (C=O) groups excluding carboxylic acids is 1. The molecule has 0 aliphatic carbocycles. The van der Waals surface area contributed by atoms with E-state index in [9.17, 15) is 9.59 Å². The summed E-state index contributed by atoms with van der Waals surface area (Å²) in [6, 6.07) is 4.78. The van der Waals surface area contributed by atoms with Crippen LogP contribution in [0.2, 0.25) is 10.0 Å². The second-order valence-electron chi connectivity index (χ2n) is 3.39. The molecule has 1 N–H and O–H groups in total. The van der Waals surface area contributed by atoms with Crippen LogP contribution in [0.25, 0.3) is 0 Å². The van der Waals surface area contributed by atoms with Crippen molar-refractivity contribution in [2.75, 3.05) is 11.4 Å². The maximum Gasteiger partial charge on any atom is 0.303 e. The lowest BCUT2D eigenvalue weighted by Crippen LogP contribution is -2.23. The van der Waals surface area contributed by atoms with E-state index < -0.39 is 5.97 Å². The van der Waals surface area contributed by atoms with Gasteiger partial charge in [-0.2, -0.15) is 0 Å². The van der Waals surface area contributed by atoms with Crippen molar-refractivity contribution in [2.45, 2.75) is 12.8 Å². The Morgan fingerprint density at radius 1 is 1.41 bits per heavy atom. The van der Waals surface area contributed by atoms with Crippen molar-refractivity contribution in [3.05, 3.63) is 28.2 Å². The van der Waals surface area contributed by atoms with Crippen molar-refractivity contribution in [2.24, 2.45) is 0 Å². The number of amides is 1. The van der Waals surface area contributed by atoms with Crippen LogP contribution in [0.4, 0.5) is 5.69 Å². The van der Waals surface area contributed by atoms with E-state index >= 15 is 0 Å². The molecule has 0 heterocycles. The molecule has 1 aromatic rings. The number of hydrogen-bond acceptors (Lipinski definition) is 2. The molecular weight excluding hydrogens is 265 g/mol. The van der Waals surface area contributed by atoms with Crippen molar-refractivity contribution >= 4 is 41.3 Å². The van der Waals surface area contributed by atoms with Crippen molar-refractivity contribution < 1.29 is 14.7 Å². The van der Waals surface area contributed by atoms with Gasteiger partial charge in [0.25, 0.3) is 0 Å². The number of halogens is 2. The van der Waals surface area contributed by atoms with Crippen molar-refractivity contribution in [1.82, 2.24) is 0 Å². The second-order valence-corrected chi connectivity index (χ2v) is 4.24. The van der Waals surface area contributed by atoms with Gasteiger partial charge in [0.2, 0.25) is 6.41 Å². The van der Waals surface area contributed by atoms with Gasteiger partial charge in [-0.15, -0.1) is 0 Å². The molecule has 0 fully saturated rings. The lowest BCUT2D eigenvalue weighted by atomic mass is 10.2. The van der Waals surface area contributed by atoms with E-state index in [1.807, 2.05) is 0 Å². The molecule has 1 amide bonds. The first-order valence-corrected chi connectivity index (χ1v) is 5.69. The second kappa shape index (κ2) is 6.47. The minimum atomic E-state index is -0.895. The first-order chi connectivity index (χ1) is 8.04. The number of anilines is 1. The summed E-state index contributed by atoms with van der Waals surface area (Å²) < 4.78 is 0. The first-order valence-electron chi connectivity index (χ1n) is 4.93. The smallest absolute Gasteiger partial charge is 0.303 e. The number of rotatable bonds is 6. The zero-order valence-corrected chi connectivity index (χ0v) is 10.4. The quantitative estimate of drug-likeness (QED) is 0.813. The van der Waals surface area contributed by atoms with E-state index in [0.717, 1.165) is 0 Å². The normalized spacial score (nSPS) is 10.0. The molecule has 4 nitrogen and oxygen atoms in total. The molecule has 0 radical (unpaired) electrons. The summed E-state index contributed by atoms with van der Waals surface area (Å²) in [6.07, 6.45) is 0.971. The SMILES string of the molecule is O=CN(CCCC(=O)O)c1cc(Cl)ccc1Cl. The summed E-state index contributed by atoms with van der Waals surface area (Å²) in [5, 5.41) is 9.38. The molecule has 17 heavy (non-hydrogen) atoms. The number of carbonyl (C=O) groups is 2. The van der Waals surface area contributed by atoms with Crippen molar-refractivity contribution in [3.63, 3.8) is 0 Å². The van der Waals surface area contributed by atoms with Crippen molar-refractivity contribution in [1.29, 1.82) is 0 Å². The number of benzene rings is 1. The van der Waals surface area contributed by atoms with E-state index in [1.165, 1.54) is 4.90 Å². The van der Waals surface area contributed by atoms with Crippen LogP contribution in [0.15, 0.2) is 18.2 Å². The van der Waals surface area contributed by atoms with Crippen LogP contribution in [-0.4, -0.2) is 24.0 Å². The Morgan fingerprint density at radius 3 is 2.71 bits per heavy atom. The monoisotopic (exact) mass is 275 g/mol. The van der Waals surface area contributed by atoms with Gasteiger partial charge in [-0.05, 0) is 24.6 Å². The van der Waals surface area contributed by atoms with E-state index in [1.54, 1.807) is 18.2 Å². The average molecular weight is 276 g/mol. The van der Waals surface area contributed by atoms with Gasteiger partial charge < -0.3 is 10.0 Å². The number of hydrogen-bond donors (Lipinski definition) is 1. The molecule has 1 rings (SSSR count). The average Bonchev–Trinajstić information content (AvgIpc) is 2.28. The molecule has 1 aromatic carbocycles. The van der Waals surface area contributed by atoms with E-state index in [2.05, 4.69) is 0 Å². The maximum atomic E-state index is 10.9. The molecule has 0 saturated carbocycles. The Morgan fingerprint density at radius 2 is 2.12 bits per heavy atom. The summed E-state index contributed by atoms with van der Waals surface area (Å²) in [7, 11) is 0. The standard InChI is InChI=1S/C11H11Cl2NO3/c12-8-3-4-9(13)10(6-8)14(7-15)5-1-2-11(16)17/h3-4,6-7H,1-2,5H2,(H,16,17). The zero-order valence-electron chi connectivity index (χ0n) is 8.90. The highest BCUT2D eigenvalue weighted by atomic mass is 35.5. The Balaban J connectivity index is 2.75.